The molecule has 0 aliphatic heterocycles. The number of hydrogen-bond donors (Lipinski definition) is 2. The van der Waals surface area contributed by atoms with E-state index in [1.807, 2.05) is 0 Å². The van der Waals surface area contributed by atoms with E-state index >= 15 is 0 Å². The molecule has 0 aliphatic rings. The molecule has 0 amide bonds. The molecule has 3 nitrogen and oxygen atoms in total. The van der Waals surface area contributed by atoms with E-state index in [0.29, 0.717) is 18.8 Å². The molecule has 0 spiro atoms. The standard InChI is InChI=1S/C9H10N2O/c1-2-5-10-7-8-9(12)4-3-6-11-8/h1,3-4,6,10,12H,5,7H2. The lowest BCUT2D eigenvalue weighted by Gasteiger charge is -2.01. The second-order valence-electron chi connectivity index (χ2n) is 2.28. The molecular formula is C9H10N2O. The molecule has 0 aromatic carbocycles. The Labute approximate surface area is 71.5 Å². The van der Waals surface area contributed by atoms with Crippen molar-refractivity contribution in [3.63, 3.8) is 0 Å². The number of hydrogen-bond acceptors (Lipinski definition) is 3. The van der Waals surface area contributed by atoms with E-state index in [-0.39, 0.29) is 5.75 Å². The first-order chi connectivity index (χ1) is 5.84. The third kappa shape index (κ3) is 2.26. The average Bonchev–Trinajstić information content (AvgIpc) is 2.09. The number of nitrogens with one attached hydrogen (secondary N) is 1. The first-order valence-corrected chi connectivity index (χ1v) is 3.61. The van der Waals surface area contributed by atoms with Crippen molar-refractivity contribution in [2.75, 3.05) is 6.54 Å². The van der Waals surface area contributed by atoms with Crippen molar-refractivity contribution in [3.8, 4) is 18.1 Å². The fourth-order valence-electron chi connectivity index (χ4n) is 0.819. The maximum absolute atomic E-state index is 9.26. The van der Waals surface area contributed by atoms with Gasteiger partial charge in [0.1, 0.15) is 5.75 Å². The Morgan fingerprint density at radius 3 is 3.17 bits per heavy atom. The van der Waals surface area contributed by atoms with Crippen LogP contribution in [-0.4, -0.2) is 16.6 Å². The predicted octanol–water partition coefficient (Wildman–Crippen LogP) is 0.510. The molecule has 0 saturated carbocycles. The summed E-state index contributed by atoms with van der Waals surface area (Å²) in [7, 11) is 0. The quantitative estimate of drug-likeness (QED) is 0.503. The number of aromatic nitrogens is 1. The average molecular weight is 162 g/mol. The van der Waals surface area contributed by atoms with Gasteiger partial charge in [-0.1, -0.05) is 5.92 Å². The number of nitrogens with zero attached hydrogens (tertiary/aromatic N) is 1. The normalized spacial score (nSPS) is 9.25. The van der Waals surface area contributed by atoms with E-state index in [4.69, 9.17) is 6.42 Å². The molecule has 0 fully saturated rings. The molecule has 0 atom stereocenters. The summed E-state index contributed by atoms with van der Waals surface area (Å²) >= 11 is 0. The molecule has 1 heterocycles. The van der Waals surface area contributed by atoms with Gasteiger partial charge in [0.2, 0.25) is 0 Å². The lowest BCUT2D eigenvalue weighted by Crippen LogP contribution is -2.13. The van der Waals surface area contributed by atoms with E-state index in [1.54, 1.807) is 18.3 Å². The summed E-state index contributed by atoms with van der Waals surface area (Å²) in [6, 6.07) is 3.28. The number of pyridine rings is 1. The van der Waals surface area contributed by atoms with Crippen molar-refractivity contribution < 1.29 is 5.11 Å². The summed E-state index contributed by atoms with van der Waals surface area (Å²) in [5.74, 6) is 2.63. The Hall–Kier alpha value is -1.53. The fraction of sp³-hybridized carbons (Fsp3) is 0.222. The largest absolute Gasteiger partial charge is 0.506 e. The Morgan fingerprint density at radius 1 is 1.67 bits per heavy atom. The summed E-state index contributed by atoms with van der Waals surface area (Å²) in [5.41, 5.74) is 0.618. The number of rotatable bonds is 3. The third-order valence-electron chi connectivity index (χ3n) is 1.39. The van der Waals surface area contributed by atoms with Gasteiger partial charge < -0.3 is 10.4 Å². The maximum atomic E-state index is 9.26. The first-order valence-electron chi connectivity index (χ1n) is 3.61. The summed E-state index contributed by atoms with van der Waals surface area (Å²) in [6.07, 6.45) is 6.67. The maximum Gasteiger partial charge on any atom is 0.138 e. The van der Waals surface area contributed by atoms with Gasteiger partial charge in [-0.25, -0.2) is 0 Å². The number of terminal acetylenes is 1. The fourth-order valence-corrected chi connectivity index (χ4v) is 0.819. The van der Waals surface area contributed by atoms with Crippen LogP contribution in [0.1, 0.15) is 5.69 Å². The molecule has 0 radical (unpaired) electrons. The van der Waals surface area contributed by atoms with Crippen molar-refractivity contribution in [1.82, 2.24) is 10.3 Å². The minimum absolute atomic E-state index is 0.196. The van der Waals surface area contributed by atoms with Crippen LogP contribution in [0.2, 0.25) is 0 Å². The predicted molar refractivity (Wildman–Crippen MR) is 46.4 cm³/mol. The molecular weight excluding hydrogens is 152 g/mol. The monoisotopic (exact) mass is 162 g/mol. The Kier molecular flexibility index (Phi) is 3.12. The van der Waals surface area contributed by atoms with Gasteiger partial charge in [0.05, 0.1) is 12.2 Å². The van der Waals surface area contributed by atoms with Gasteiger partial charge in [0, 0.05) is 12.7 Å². The van der Waals surface area contributed by atoms with Gasteiger partial charge in [-0.15, -0.1) is 6.42 Å². The van der Waals surface area contributed by atoms with Gasteiger partial charge in [-0.3, -0.25) is 4.98 Å². The lowest BCUT2D eigenvalue weighted by molar-refractivity contribution is 0.461. The lowest BCUT2D eigenvalue weighted by atomic mass is 10.3. The topological polar surface area (TPSA) is 45.2 Å². The highest BCUT2D eigenvalue weighted by Crippen LogP contribution is 2.11. The van der Waals surface area contributed by atoms with Crippen LogP contribution in [0.15, 0.2) is 18.3 Å². The molecule has 1 aromatic heterocycles. The highest BCUT2D eigenvalue weighted by molar-refractivity contribution is 5.24. The van der Waals surface area contributed by atoms with Crippen LogP contribution in [0.4, 0.5) is 0 Å². The highest BCUT2D eigenvalue weighted by atomic mass is 16.3. The van der Waals surface area contributed by atoms with E-state index < -0.39 is 0 Å². The van der Waals surface area contributed by atoms with Crippen LogP contribution >= 0.6 is 0 Å². The van der Waals surface area contributed by atoms with E-state index in [2.05, 4.69) is 16.2 Å². The first kappa shape index (κ1) is 8.57. The van der Waals surface area contributed by atoms with Crippen molar-refractivity contribution in [3.05, 3.63) is 24.0 Å². The molecule has 2 N–H and O–H groups in total. The van der Waals surface area contributed by atoms with Crippen molar-refractivity contribution in [1.29, 1.82) is 0 Å². The second kappa shape index (κ2) is 4.37. The van der Waals surface area contributed by atoms with Crippen LogP contribution in [0.25, 0.3) is 0 Å². The van der Waals surface area contributed by atoms with E-state index in [1.165, 1.54) is 0 Å². The summed E-state index contributed by atoms with van der Waals surface area (Å²) in [5, 5.41) is 12.2. The van der Waals surface area contributed by atoms with E-state index in [0.717, 1.165) is 0 Å². The molecule has 0 aliphatic carbocycles. The van der Waals surface area contributed by atoms with Gasteiger partial charge in [-0.2, -0.15) is 0 Å². The van der Waals surface area contributed by atoms with Gasteiger partial charge in [-0.05, 0) is 12.1 Å². The molecule has 0 unspecified atom stereocenters. The van der Waals surface area contributed by atoms with Crippen LogP contribution in [-0.2, 0) is 6.54 Å². The molecule has 1 aromatic rings. The molecule has 0 saturated heterocycles. The minimum atomic E-state index is 0.196. The molecule has 12 heavy (non-hydrogen) atoms. The van der Waals surface area contributed by atoms with Crippen molar-refractivity contribution >= 4 is 0 Å². The third-order valence-corrected chi connectivity index (χ3v) is 1.39. The molecule has 62 valence electrons. The van der Waals surface area contributed by atoms with Crippen LogP contribution in [0.5, 0.6) is 5.75 Å². The van der Waals surface area contributed by atoms with Crippen LogP contribution in [0.3, 0.4) is 0 Å². The summed E-state index contributed by atoms with van der Waals surface area (Å²) in [4.78, 5) is 3.97. The Bertz CT molecular complexity index is 291. The highest BCUT2D eigenvalue weighted by Gasteiger charge is 1.98. The van der Waals surface area contributed by atoms with E-state index in [9.17, 15) is 5.11 Å². The molecule has 3 heteroatoms. The van der Waals surface area contributed by atoms with Gasteiger partial charge >= 0.3 is 0 Å². The van der Waals surface area contributed by atoms with Crippen molar-refractivity contribution in [2.24, 2.45) is 0 Å². The minimum Gasteiger partial charge on any atom is -0.506 e. The van der Waals surface area contributed by atoms with Crippen LogP contribution < -0.4 is 5.32 Å². The van der Waals surface area contributed by atoms with Crippen LogP contribution in [0, 0.1) is 12.3 Å². The zero-order valence-corrected chi connectivity index (χ0v) is 6.62. The zero-order chi connectivity index (χ0) is 8.81. The second-order valence-corrected chi connectivity index (χ2v) is 2.28. The Morgan fingerprint density at radius 2 is 2.50 bits per heavy atom. The summed E-state index contributed by atoms with van der Waals surface area (Å²) in [6.45, 7) is 0.979. The molecule has 1 rings (SSSR count). The number of aromatic hydroxyl groups is 1. The van der Waals surface area contributed by atoms with Gasteiger partial charge in [0.15, 0.2) is 0 Å². The zero-order valence-electron chi connectivity index (χ0n) is 6.62. The summed E-state index contributed by atoms with van der Waals surface area (Å²) < 4.78 is 0. The van der Waals surface area contributed by atoms with Gasteiger partial charge in [0.25, 0.3) is 0 Å². The molecule has 0 bridgehead atoms. The van der Waals surface area contributed by atoms with Crippen molar-refractivity contribution in [2.45, 2.75) is 6.54 Å². The Balaban J connectivity index is 2.53. The SMILES string of the molecule is C#CCNCc1ncccc1O. The smallest absolute Gasteiger partial charge is 0.138 e.